The number of Topliss-reactive ketones (excluding diaryl/α,β-unsaturated/α-hetero) is 1. The number of nitrogens with zero attached hydrogens (tertiary/aromatic N) is 1. The Morgan fingerprint density at radius 2 is 1.61 bits per heavy atom. The Morgan fingerprint density at radius 1 is 0.977 bits per heavy atom. The van der Waals surface area contributed by atoms with Crippen LogP contribution in [0.2, 0.25) is 0 Å². The van der Waals surface area contributed by atoms with E-state index in [9.17, 15) is 24.0 Å². The van der Waals surface area contributed by atoms with Gasteiger partial charge in [-0.1, -0.05) is 81.4 Å². The van der Waals surface area contributed by atoms with Crippen LogP contribution in [0.5, 0.6) is 0 Å². The first-order valence-electron chi connectivity index (χ1n) is 15.4. The standard InChI is InChI=1S/C35H42N4O5/c1-5-11-27(31(41)33(43)37-19-28(40)36-18-22-12-7-6-8-13-22)38-32(42)30-29-26(35(29,3)4)20-39(30)34(44)21(2)25-16-23-14-9-10-15-24(23)17-25/h5-10,12-15,21,25-27,29-30H,1,11,16-20H2,2-4H3,(H,36,40)(H,37,43)(H,38,42)/t21-,26-,27?,29-,30-/m0/s1. The SMILES string of the molecule is C=CCC(NC(=O)[C@@H]1[C@@H]2[C@H](CN1C(=O)[C@@H](C)C1Cc3ccccc3C1)C2(C)C)C(=O)C(=O)NCC(=O)NCc1ccccc1. The summed E-state index contributed by atoms with van der Waals surface area (Å²) in [6, 6.07) is 15.7. The zero-order valence-corrected chi connectivity index (χ0v) is 25.7. The first kappa shape index (κ1) is 31.2. The molecule has 232 valence electrons. The maximum Gasteiger partial charge on any atom is 0.290 e. The van der Waals surface area contributed by atoms with Gasteiger partial charge >= 0.3 is 0 Å². The lowest BCUT2D eigenvalue weighted by Crippen LogP contribution is -2.56. The molecule has 0 aromatic heterocycles. The third kappa shape index (κ3) is 6.32. The lowest BCUT2D eigenvalue weighted by molar-refractivity contribution is -0.145. The summed E-state index contributed by atoms with van der Waals surface area (Å²) in [5.41, 5.74) is 3.35. The Balaban J connectivity index is 1.20. The highest BCUT2D eigenvalue weighted by molar-refractivity contribution is 6.38. The van der Waals surface area contributed by atoms with Gasteiger partial charge in [0.15, 0.2) is 0 Å². The smallest absolute Gasteiger partial charge is 0.290 e. The molecule has 9 nitrogen and oxygen atoms in total. The van der Waals surface area contributed by atoms with Crippen LogP contribution in [-0.2, 0) is 43.4 Å². The molecule has 5 rings (SSSR count). The number of ketones is 1. The van der Waals surface area contributed by atoms with E-state index in [1.165, 1.54) is 17.2 Å². The molecule has 2 aliphatic carbocycles. The van der Waals surface area contributed by atoms with Crippen molar-refractivity contribution in [1.29, 1.82) is 0 Å². The van der Waals surface area contributed by atoms with E-state index in [1.54, 1.807) is 4.90 Å². The van der Waals surface area contributed by atoms with Gasteiger partial charge in [0.05, 0.1) is 6.54 Å². The van der Waals surface area contributed by atoms with Crippen molar-refractivity contribution in [2.45, 2.75) is 58.7 Å². The second-order valence-corrected chi connectivity index (χ2v) is 13.0. The molecule has 1 unspecified atom stereocenters. The molecule has 2 aromatic carbocycles. The summed E-state index contributed by atoms with van der Waals surface area (Å²) < 4.78 is 0. The number of nitrogens with one attached hydrogen (secondary N) is 3. The van der Waals surface area contributed by atoms with Crippen LogP contribution in [0.15, 0.2) is 67.3 Å². The summed E-state index contributed by atoms with van der Waals surface area (Å²) in [5.74, 6) is -2.69. The van der Waals surface area contributed by atoms with Gasteiger partial charge < -0.3 is 20.9 Å². The third-order valence-corrected chi connectivity index (χ3v) is 9.94. The Bertz CT molecular complexity index is 1430. The average Bonchev–Trinajstić information content (AvgIpc) is 3.39. The fourth-order valence-corrected chi connectivity index (χ4v) is 7.14. The van der Waals surface area contributed by atoms with Crippen molar-refractivity contribution in [2.24, 2.45) is 29.1 Å². The van der Waals surface area contributed by atoms with Gasteiger partial charge in [-0.25, -0.2) is 0 Å². The predicted octanol–water partition coefficient (Wildman–Crippen LogP) is 2.58. The van der Waals surface area contributed by atoms with Gasteiger partial charge in [0, 0.05) is 19.0 Å². The van der Waals surface area contributed by atoms with E-state index in [0.29, 0.717) is 13.1 Å². The largest absolute Gasteiger partial charge is 0.350 e. The maximum atomic E-state index is 13.9. The first-order valence-corrected chi connectivity index (χ1v) is 15.4. The molecule has 2 aromatic rings. The molecule has 1 saturated carbocycles. The van der Waals surface area contributed by atoms with Gasteiger partial charge in [0.2, 0.25) is 23.5 Å². The molecule has 3 N–H and O–H groups in total. The van der Waals surface area contributed by atoms with Crippen molar-refractivity contribution in [3.8, 4) is 0 Å². The van der Waals surface area contributed by atoms with E-state index in [1.807, 2.05) is 49.4 Å². The molecule has 0 spiro atoms. The number of hydrogen-bond acceptors (Lipinski definition) is 5. The van der Waals surface area contributed by atoms with Crippen LogP contribution in [0.4, 0.5) is 0 Å². The highest BCUT2D eigenvalue weighted by Crippen LogP contribution is 2.65. The minimum Gasteiger partial charge on any atom is -0.350 e. The van der Waals surface area contributed by atoms with Crippen molar-refractivity contribution in [3.63, 3.8) is 0 Å². The molecule has 3 aliphatic rings. The Hall–Kier alpha value is -4.27. The number of carbonyl (C=O) groups excluding carboxylic acids is 5. The number of rotatable bonds is 12. The molecular formula is C35H42N4O5. The minimum atomic E-state index is -1.16. The van der Waals surface area contributed by atoms with Crippen LogP contribution < -0.4 is 16.0 Å². The lowest BCUT2D eigenvalue weighted by Gasteiger charge is -2.34. The summed E-state index contributed by atoms with van der Waals surface area (Å²) in [6.45, 7) is 10.3. The Morgan fingerprint density at radius 3 is 2.25 bits per heavy atom. The van der Waals surface area contributed by atoms with Crippen molar-refractivity contribution < 1.29 is 24.0 Å². The zero-order valence-electron chi connectivity index (χ0n) is 25.7. The minimum absolute atomic E-state index is 0.0268. The number of piperidine rings is 1. The molecule has 0 bridgehead atoms. The van der Waals surface area contributed by atoms with Gasteiger partial charge in [-0.05, 0) is 59.1 Å². The van der Waals surface area contributed by atoms with Crippen LogP contribution in [-0.4, -0.2) is 59.5 Å². The fraction of sp³-hybridized carbons (Fsp3) is 0.457. The topological polar surface area (TPSA) is 125 Å². The van der Waals surface area contributed by atoms with E-state index >= 15 is 0 Å². The summed E-state index contributed by atoms with van der Waals surface area (Å²) in [5, 5.41) is 7.82. The van der Waals surface area contributed by atoms with Crippen LogP contribution in [0.25, 0.3) is 0 Å². The van der Waals surface area contributed by atoms with E-state index in [0.717, 1.165) is 18.4 Å². The fourth-order valence-electron chi connectivity index (χ4n) is 7.14. The van der Waals surface area contributed by atoms with Crippen molar-refractivity contribution in [2.75, 3.05) is 13.1 Å². The van der Waals surface area contributed by atoms with Crippen LogP contribution in [0.3, 0.4) is 0 Å². The lowest BCUT2D eigenvalue weighted by atomic mass is 9.89. The second-order valence-electron chi connectivity index (χ2n) is 13.0. The van der Waals surface area contributed by atoms with E-state index in [2.05, 4.69) is 48.5 Å². The quantitative estimate of drug-likeness (QED) is 0.256. The molecule has 4 amide bonds. The predicted molar refractivity (Wildman–Crippen MR) is 166 cm³/mol. The summed E-state index contributed by atoms with van der Waals surface area (Å²) in [7, 11) is 0. The zero-order chi connectivity index (χ0) is 31.6. The van der Waals surface area contributed by atoms with Gasteiger partial charge in [-0.2, -0.15) is 0 Å². The monoisotopic (exact) mass is 598 g/mol. The van der Waals surface area contributed by atoms with Crippen LogP contribution in [0, 0.1) is 29.1 Å². The number of hydrogen-bond donors (Lipinski definition) is 3. The van der Waals surface area contributed by atoms with Crippen molar-refractivity contribution >= 4 is 29.4 Å². The van der Waals surface area contributed by atoms with E-state index < -0.39 is 35.6 Å². The summed E-state index contributed by atoms with van der Waals surface area (Å²) in [6.07, 6.45) is 3.17. The molecule has 1 aliphatic heterocycles. The summed E-state index contributed by atoms with van der Waals surface area (Å²) >= 11 is 0. The number of benzene rings is 2. The highest BCUT2D eigenvalue weighted by atomic mass is 16.2. The van der Waals surface area contributed by atoms with Crippen molar-refractivity contribution in [1.82, 2.24) is 20.9 Å². The number of carbonyl (C=O) groups is 5. The van der Waals surface area contributed by atoms with E-state index in [-0.39, 0.29) is 48.0 Å². The van der Waals surface area contributed by atoms with Gasteiger partial charge in [-0.15, -0.1) is 6.58 Å². The molecule has 1 saturated heterocycles. The average molecular weight is 599 g/mol. The molecule has 9 heteroatoms. The first-order chi connectivity index (χ1) is 21.0. The molecule has 5 atom stereocenters. The van der Waals surface area contributed by atoms with Crippen LogP contribution in [0.1, 0.15) is 43.9 Å². The molecule has 1 heterocycles. The Kier molecular flexibility index (Phi) is 9.04. The normalized spacial score (nSPS) is 22.6. The Labute approximate surface area is 258 Å². The molecule has 2 fully saturated rings. The van der Waals surface area contributed by atoms with Gasteiger partial charge in [0.25, 0.3) is 5.91 Å². The number of amides is 4. The van der Waals surface area contributed by atoms with Gasteiger partial charge in [0.1, 0.15) is 12.1 Å². The van der Waals surface area contributed by atoms with E-state index in [4.69, 9.17) is 0 Å². The number of likely N-dealkylation sites (tertiary alicyclic amines) is 1. The summed E-state index contributed by atoms with van der Waals surface area (Å²) in [4.78, 5) is 67.5. The second kappa shape index (κ2) is 12.8. The molecular weight excluding hydrogens is 556 g/mol. The maximum absolute atomic E-state index is 13.9. The van der Waals surface area contributed by atoms with Gasteiger partial charge in [-0.3, -0.25) is 24.0 Å². The third-order valence-electron chi connectivity index (χ3n) is 9.94. The van der Waals surface area contributed by atoms with Crippen molar-refractivity contribution in [3.05, 3.63) is 83.9 Å². The highest BCUT2D eigenvalue weighted by Gasteiger charge is 2.69. The molecule has 0 radical (unpaired) electrons. The van der Waals surface area contributed by atoms with Crippen LogP contribution >= 0.6 is 0 Å². The molecule has 44 heavy (non-hydrogen) atoms. The number of fused-ring (bicyclic) bond motifs is 2.